The Balaban J connectivity index is 1.62. The van der Waals surface area contributed by atoms with E-state index in [1.165, 1.54) is 11.3 Å². The molecule has 1 aliphatic carbocycles. The molecule has 5 nitrogen and oxygen atoms in total. The van der Waals surface area contributed by atoms with Crippen LogP contribution in [0.4, 0.5) is 0 Å². The van der Waals surface area contributed by atoms with Crippen LogP contribution in [0, 0.1) is 5.92 Å². The lowest BCUT2D eigenvalue weighted by Gasteiger charge is -2.29. The minimum absolute atomic E-state index is 0.0149. The molecular weight excluding hydrogens is 286 g/mol. The summed E-state index contributed by atoms with van der Waals surface area (Å²) in [5.74, 6) is 0.502. The zero-order chi connectivity index (χ0) is 14.9. The maximum absolute atomic E-state index is 12.2. The van der Waals surface area contributed by atoms with E-state index < -0.39 is 0 Å². The number of hydrogen-bond donors (Lipinski definition) is 2. The molecule has 0 bridgehead atoms. The van der Waals surface area contributed by atoms with Crippen LogP contribution >= 0.6 is 11.3 Å². The molecule has 112 valence electrons. The molecule has 6 heteroatoms. The van der Waals surface area contributed by atoms with Crippen molar-refractivity contribution in [1.29, 1.82) is 0 Å². The van der Waals surface area contributed by atoms with Crippen molar-refractivity contribution < 1.29 is 9.21 Å². The molecule has 3 rings (SSSR count). The first-order valence-electron chi connectivity index (χ1n) is 7.09. The highest BCUT2D eigenvalue weighted by atomic mass is 32.1. The lowest BCUT2D eigenvalue weighted by Crippen LogP contribution is -2.53. The maximum Gasteiger partial charge on any atom is 0.226 e. The molecule has 0 spiro atoms. The van der Waals surface area contributed by atoms with Crippen molar-refractivity contribution in [3.05, 3.63) is 29.7 Å². The van der Waals surface area contributed by atoms with E-state index >= 15 is 0 Å². The molecule has 3 N–H and O–H groups in total. The van der Waals surface area contributed by atoms with Gasteiger partial charge in [-0.1, -0.05) is 0 Å². The highest BCUT2D eigenvalue weighted by Crippen LogP contribution is 2.39. The smallest absolute Gasteiger partial charge is 0.226 e. The van der Waals surface area contributed by atoms with E-state index in [0.717, 1.165) is 29.1 Å². The van der Waals surface area contributed by atoms with Crippen molar-refractivity contribution in [2.75, 3.05) is 6.54 Å². The maximum atomic E-state index is 12.2. The second-order valence-electron chi connectivity index (χ2n) is 5.78. The van der Waals surface area contributed by atoms with Gasteiger partial charge in [0.15, 0.2) is 0 Å². The fraction of sp³-hybridized carbons (Fsp3) is 0.467. The van der Waals surface area contributed by atoms with Crippen LogP contribution < -0.4 is 11.1 Å². The van der Waals surface area contributed by atoms with Gasteiger partial charge in [-0.2, -0.15) is 0 Å². The summed E-state index contributed by atoms with van der Waals surface area (Å²) in [7, 11) is 0. The predicted molar refractivity (Wildman–Crippen MR) is 81.8 cm³/mol. The van der Waals surface area contributed by atoms with Gasteiger partial charge in [0, 0.05) is 17.5 Å². The Labute approximate surface area is 127 Å². The number of nitrogens with one attached hydrogen (secondary N) is 1. The molecule has 2 heterocycles. The molecule has 1 amide bonds. The molecule has 1 fully saturated rings. The summed E-state index contributed by atoms with van der Waals surface area (Å²) in [5.41, 5.74) is 7.26. The number of nitrogens with two attached hydrogens (primary N) is 1. The van der Waals surface area contributed by atoms with Crippen LogP contribution in [-0.2, 0) is 11.2 Å². The van der Waals surface area contributed by atoms with Gasteiger partial charge in [-0.25, -0.2) is 4.98 Å². The molecule has 1 unspecified atom stereocenters. The Hall–Kier alpha value is -1.66. The summed E-state index contributed by atoms with van der Waals surface area (Å²) in [4.78, 5) is 16.7. The first-order valence-corrected chi connectivity index (χ1v) is 7.97. The van der Waals surface area contributed by atoms with Crippen LogP contribution in [0.5, 0.6) is 0 Å². The average molecular weight is 305 g/mol. The number of thiazole rings is 1. The monoisotopic (exact) mass is 305 g/mol. The van der Waals surface area contributed by atoms with Gasteiger partial charge in [0.05, 0.1) is 23.9 Å². The number of carbonyl (C=O) groups is 1. The molecule has 1 saturated carbocycles. The van der Waals surface area contributed by atoms with Crippen LogP contribution in [0.2, 0.25) is 0 Å². The van der Waals surface area contributed by atoms with Gasteiger partial charge in [-0.05, 0) is 31.7 Å². The number of hydrogen-bond acceptors (Lipinski definition) is 5. The van der Waals surface area contributed by atoms with Gasteiger partial charge in [0.25, 0.3) is 0 Å². The third kappa shape index (κ3) is 3.16. The van der Waals surface area contributed by atoms with Gasteiger partial charge in [0.1, 0.15) is 11.3 Å². The van der Waals surface area contributed by atoms with Crippen LogP contribution in [0.25, 0.3) is 10.6 Å². The molecule has 0 aliphatic heterocycles. The number of rotatable bonds is 6. The van der Waals surface area contributed by atoms with Crippen LogP contribution in [-0.4, -0.2) is 23.0 Å². The van der Waals surface area contributed by atoms with Crippen LogP contribution in [0.3, 0.4) is 0 Å². The third-order valence-corrected chi connectivity index (χ3v) is 4.93. The van der Waals surface area contributed by atoms with Crippen LogP contribution in [0.15, 0.2) is 28.4 Å². The molecule has 0 saturated heterocycles. The van der Waals surface area contributed by atoms with Gasteiger partial charge in [-0.3, -0.25) is 4.79 Å². The second kappa shape index (κ2) is 5.61. The summed E-state index contributed by atoms with van der Waals surface area (Å²) in [6, 6.07) is 1.86. The van der Waals surface area contributed by atoms with Crippen molar-refractivity contribution in [1.82, 2.24) is 10.3 Å². The summed E-state index contributed by atoms with van der Waals surface area (Å²) in [6.45, 7) is 2.50. The highest BCUT2D eigenvalue weighted by Gasteiger charge is 2.41. The third-order valence-electron chi connectivity index (χ3n) is 3.99. The summed E-state index contributed by atoms with van der Waals surface area (Å²) in [6.07, 6.45) is 5.86. The Morgan fingerprint density at radius 2 is 2.43 bits per heavy atom. The fourth-order valence-electron chi connectivity index (χ4n) is 2.47. The SMILES string of the molecule is CC(CN)(NC(=O)Cc1csc(-c2ccoc2)n1)C1CC1. The molecule has 0 aromatic carbocycles. The Kier molecular flexibility index (Phi) is 3.82. The molecule has 0 radical (unpaired) electrons. The van der Waals surface area contributed by atoms with Crippen molar-refractivity contribution in [3.8, 4) is 10.6 Å². The molecule has 1 atom stereocenters. The lowest BCUT2D eigenvalue weighted by molar-refractivity contribution is -0.122. The van der Waals surface area contributed by atoms with E-state index in [4.69, 9.17) is 10.2 Å². The Morgan fingerprint density at radius 3 is 3.05 bits per heavy atom. The topological polar surface area (TPSA) is 81.1 Å². The van der Waals surface area contributed by atoms with E-state index in [1.807, 2.05) is 18.4 Å². The lowest BCUT2D eigenvalue weighted by atomic mass is 9.95. The molecular formula is C15H19N3O2S. The second-order valence-corrected chi connectivity index (χ2v) is 6.63. The van der Waals surface area contributed by atoms with E-state index in [-0.39, 0.29) is 17.9 Å². The predicted octanol–water partition coefficient (Wildman–Crippen LogP) is 2.19. The molecule has 1 aliphatic rings. The highest BCUT2D eigenvalue weighted by molar-refractivity contribution is 7.13. The van der Waals surface area contributed by atoms with Gasteiger partial charge in [-0.15, -0.1) is 11.3 Å². The number of nitrogens with zero attached hydrogens (tertiary/aromatic N) is 1. The zero-order valence-electron chi connectivity index (χ0n) is 12.0. The number of aromatic nitrogens is 1. The standard InChI is InChI=1S/C15H19N3O2S/c1-15(9-16,11-2-3-11)18-13(19)6-12-8-21-14(17-12)10-4-5-20-7-10/h4-5,7-8,11H,2-3,6,9,16H2,1H3,(H,18,19). The average Bonchev–Trinajstić information content (AvgIpc) is 3.00. The molecule has 2 aromatic heterocycles. The number of amides is 1. The minimum Gasteiger partial charge on any atom is -0.472 e. The summed E-state index contributed by atoms with van der Waals surface area (Å²) in [5, 5.41) is 5.87. The fourth-order valence-corrected chi connectivity index (χ4v) is 3.28. The van der Waals surface area contributed by atoms with E-state index in [1.54, 1.807) is 12.5 Å². The van der Waals surface area contributed by atoms with Crippen LogP contribution in [0.1, 0.15) is 25.5 Å². The van der Waals surface area contributed by atoms with Gasteiger partial charge in [0.2, 0.25) is 5.91 Å². The van der Waals surface area contributed by atoms with E-state index in [2.05, 4.69) is 10.3 Å². The van der Waals surface area contributed by atoms with Crippen molar-refractivity contribution in [2.45, 2.75) is 31.7 Å². The Morgan fingerprint density at radius 1 is 1.62 bits per heavy atom. The number of furan rings is 1. The quantitative estimate of drug-likeness (QED) is 0.857. The van der Waals surface area contributed by atoms with E-state index in [9.17, 15) is 4.79 Å². The normalized spacial score (nSPS) is 17.4. The first kappa shape index (κ1) is 14.3. The summed E-state index contributed by atoms with van der Waals surface area (Å²) >= 11 is 1.52. The number of carbonyl (C=O) groups excluding carboxylic acids is 1. The van der Waals surface area contributed by atoms with Gasteiger partial charge < -0.3 is 15.5 Å². The summed E-state index contributed by atoms with van der Waals surface area (Å²) < 4.78 is 5.05. The first-order chi connectivity index (χ1) is 10.1. The molecule has 21 heavy (non-hydrogen) atoms. The largest absolute Gasteiger partial charge is 0.472 e. The van der Waals surface area contributed by atoms with E-state index in [0.29, 0.717) is 12.5 Å². The zero-order valence-corrected chi connectivity index (χ0v) is 12.8. The minimum atomic E-state index is -0.277. The molecule has 2 aromatic rings. The Bertz CT molecular complexity index is 619. The van der Waals surface area contributed by atoms with Crippen molar-refractivity contribution in [3.63, 3.8) is 0 Å². The van der Waals surface area contributed by atoms with Crippen molar-refractivity contribution >= 4 is 17.2 Å². The van der Waals surface area contributed by atoms with Crippen molar-refractivity contribution in [2.24, 2.45) is 11.7 Å². The van der Waals surface area contributed by atoms with Gasteiger partial charge >= 0.3 is 0 Å².